The van der Waals surface area contributed by atoms with Crippen LogP contribution < -0.4 is 0 Å². The molecule has 25 heavy (non-hydrogen) atoms. The Morgan fingerprint density at radius 1 is 0.960 bits per heavy atom. The molecule has 0 amide bonds. The molecule has 2 unspecified atom stereocenters. The van der Waals surface area contributed by atoms with Crippen molar-refractivity contribution in [3.05, 3.63) is 36.5 Å². The molecule has 0 aliphatic rings. The summed E-state index contributed by atoms with van der Waals surface area (Å²) in [6, 6.07) is 0. The van der Waals surface area contributed by atoms with Crippen LogP contribution in [0.3, 0.4) is 0 Å². The first-order chi connectivity index (χ1) is 12.2. The Labute approximate surface area is 150 Å². The molecule has 2 atom stereocenters. The van der Waals surface area contributed by atoms with Crippen LogP contribution in [0.25, 0.3) is 0 Å². The van der Waals surface area contributed by atoms with Crippen LogP contribution in [0.2, 0.25) is 0 Å². The fourth-order valence-corrected chi connectivity index (χ4v) is 2.12. The van der Waals surface area contributed by atoms with Crippen molar-refractivity contribution in [3.63, 3.8) is 0 Å². The second kappa shape index (κ2) is 17.4. The Morgan fingerprint density at radius 3 is 2.32 bits per heavy atom. The van der Waals surface area contributed by atoms with Gasteiger partial charge in [0.15, 0.2) is 0 Å². The average Bonchev–Trinajstić information content (AvgIpc) is 2.64. The zero-order valence-corrected chi connectivity index (χ0v) is 15.3. The van der Waals surface area contributed by atoms with Gasteiger partial charge in [-0.15, -0.1) is 0 Å². The van der Waals surface area contributed by atoms with Crippen LogP contribution in [0.1, 0.15) is 58.3 Å². The van der Waals surface area contributed by atoms with E-state index >= 15 is 0 Å². The van der Waals surface area contributed by atoms with Crippen molar-refractivity contribution in [2.24, 2.45) is 0 Å². The summed E-state index contributed by atoms with van der Waals surface area (Å²) < 4.78 is 4.59. The Kier molecular flexibility index (Phi) is 16.3. The molecule has 0 heterocycles. The van der Waals surface area contributed by atoms with Crippen molar-refractivity contribution in [1.82, 2.24) is 0 Å². The van der Waals surface area contributed by atoms with Gasteiger partial charge >= 0.3 is 5.97 Å². The molecule has 0 aromatic rings. The number of rotatable bonds is 15. The SMILES string of the molecule is CCC(C=CC=CCC(C=CCCCCCCC(=O)OC)OO)OO. The van der Waals surface area contributed by atoms with Crippen molar-refractivity contribution in [2.75, 3.05) is 7.11 Å². The third kappa shape index (κ3) is 14.6. The summed E-state index contributed by atoms with van der Waals surface area (Å²) in [5.74, 6) is -0.153. The number of unbranched alkanes of at least 4 members (excludes halogenated alkanes) is 4. The minimum absolute atomic E-state index is 0.153. The van der Waals surface area contributed by atoms with Crippen LogP contribution >= 0.6 is 0 Å². The molecule has 0 saturated heterocycles. The van der Waals surface area contributed by atoms with E-state index in [-0.39, 0.29) is 18.2 Å². The standard InChI is InChI=1S/C19H32O6/c1-3-17(24-21)13-10-8-11-15-18(25-22)14-9-6-4-5-7-12-16-19(20)23-2/h8-11,13-14,17-18,21-22H,3-7,12,15-16H2,1-2H3. The van der Waals surface area contributed by atoms with Crippen LogP contribution in [0.4, 0.5) is 0 Å². The number of esters is 1. The fraction of sp³-hybridized carbons (Fsp3) is 0.632. The highest BCUT2D eigenvalue weighted by atomic mass is 17.1. The van der Waals surface area contributed by atoms with E-state index in [0.717, 1.165) is 32.1 Å². The second-order valence-corrected chi connectivity index (χ2v) is 5.70. The third-order valence-corrected chi connectivity index (χ3v) is 3.69. The summed E-state index contributed by atoms with van der Waals surface area (Å²) in [4.78, 5) is 19.6. The van der Waals surface area contributed by atoms with E-state index in [1.54, 1.807) is 12.2 Å². The molecular formula is C19H32O6. The molecule has 0 aliphatic heterocycles. The van der Waals surface area contributed by atoms with Gasteiger partial charge in [0.1, 0.15) is 12.2 Å². The fourth-order valence-electron chi connectivity index (χ4n) is 2.12. The Bertz CT molecular complexity index is 399. The summed E-state index contributed by atoms with van der Waals surface area (Å²) in [5, 5.41) is 17.5. The normalized spacial score (nSPS) is 14.6. The van der Waals surface area contributed by atoms with E-state index in [2.05, 4.69) is 14.5 Å². The van der Waals surface area contributed by atoms with Crippen molar-refractivity contribution in [1.29, 1.82) is 0 Å². The van der Waals surface area contributed by atoms with Gasteiger partial charge in [0.2, 0.25) is 0 Å². The van der Waals surface area contributed by atoms with Crippen LogP contribution in [0, 0.1) is 0 Å². The van der Waals surface area contributed by atoms with E-state index in [0.29, 0.717) is 19.3 Å². The minimum Gasteiger partial charge on any atom is -0.469 e. The molecule has 2 N–H and O–H groups in total. The van der Waals surface area contributed by atoms with Crippen LogP contribution in [-0.4, -0.2) is 35.8 Å². The lowest BCUT2D eigenvalue weighted by molar-refractivity contribution is -0.266. The van der Waals surface area contributed by atoms with Crippen LogP contribution in [-0.2, 0) is 19.3 Å². The predicted octanol–water partition coefficient (Wildman–Crippen LogP) is 4.69. The van der Waals surface area contributed by atoms with Gasteiger partial charge in [0.05, 0.1) is 7.11 Å². The highest BCUT2D eigenvalue weighted by Gasteiger charge is 2.01. The Hall–Kier alpha value is -1.47. The minimum atomic E-state index is -0.375. The Morgan fingerprint density at radius 2 is 1.68 bits per heavy atom. The van der Waals surface area contributed by atoms with E-state index in [4.69, 9.17) is 10.5 Å². The maximum Gasteiger partial charge on any atom is 0.305 e. The van der Waals surface area contributed by atoms with Crippen molar-refractivity contribution in [3.8, 4) is 0 Å². The summed E-state index contributed by atoms with van der Waals surface area (Å²) >= 11 is 0. The van der Waals surface area contributed by atoms with E-state index in [1.807, 2.05) is 31.2 Å². The van der Waals surface area contributed by atoms with Crippen LogP contribution in [0.15, 0.2) is 36.5 Å². The number of hydrogen-bond donors (Lipinski definition) is 2. The summed E-state index contributed by atoms with van der Waals surface area (Å²) in [5.41, 5.74) is 0. The molecule has 6 heteroatoms. The molecule has 0 saturated carbocycles. The van der Waals surface area contributed by atoms with Crippen molar-refractivity contribution < 1.29 is 29.8 Å². The van der Waals surface area contributed by atoms with Gasteiger partial charge in [-0.3, -0.25) is 15.3 Å². The third-order valence-electron chi connectivity index (χ3n) is 3.69. The lowest BCUT2D eigenvalue weighted by Crippen LogP contribution is -2.05. The molecular weight excluding hydrogens is 324 g/mol. The van der Waals surface area contributed by atoms with Gasteiger partial charge in [-0.2, -0.15) is 0 Å². The lowest BCUT2D eigenvalue weighted by atomic mass is 10.1. The summed E-state index contributed by atoms with van der Waals surface area (Å²) in [6.45, 7) is 1.91. The van der Waals surface area contributed by atoms with E-state index in [9.17, 15) is 4.79 Å². The van der Waals surface area contributed by atoms with Gasteiger partial charge in [0, 0.05) is 6.42 Å². The molecule has 0 rings (SSSR count). The molecule has 0 aromatic heterocycles. The molecule has 144 valence electrons. The topological polar surface area (TPSA) is 85.2 Å². The van der Waals surface area contributed by atoms with Gasteiger partial charge in [-0.1, -0.05) is 56.2 Å². The highest BCUT2D eigenvalue weighted by molar-refractivity contribution is 5.68. The quantitative estimate of drug-likeness (QED) is 0.111. The van der Waals surface area contributed by atoms with Gasteiger partial charge in [-0.25, -0.2) is 9.78 Å². The number of allylic oxidation sites excluding steroid dienone is 3. The molecule has 6 nitrogen and oxygen atoms in total. The van der Waals surface area contributed by atoms with Crippen LogP contribution in [0.5, 0.6) is 0 Å². The van der Waals surface area contributed by atoms with E-state index in [1.165, 1.54) is 7.11 Å². The number of ether oxygens (including phenoxy) is 1. The second-order valence-electron chi connectivity index (χ2n) is 5.70. The number of carbonyl (C=O) groups excluding carboxylic acids is 1. The Balaban J connectivity index is 3.82. The molecule has 0 aliphatic carbocycles. The van der Waals surface area contributed by atoms with Crippen molar-refractivity contribution in [2.45, 2.75) is 70.5 Å². The van der Waals surface area contributed by atoms with Gasteiger partial charge in [-0.05, 0) is 32.1 Å². The zero-order valence-electron chi connectivity index (χ0n) is 15.3. The average molecular weight is 356 g/mol. The first-order valence-corrected chi connectivity index (χ1v) is 8.85. The largest absolute Gasteiger partial charge is 0.469 e. The first kappa shape index (κ1) is 23.5. The van der Waals surface area contributed by atoms with Gasteiger partial charge in [0.25, 0.3) is 0 Å². The number of methoxy groups -OCH3 is 1. The number of carbonyl (C=O) groups is 1. The zero-order chi connectivity index (χ0) is 18.8. The predicted molar refractivity (Wildman–Crippen MR) is 97.0 cm³/mol. The monoisotopic (exact) mass is 356 g/mol. The molecule has 0 fully saturated rings. The highest BCUT2D eigenvalue weighted by Crippen LogP contribution is 2.08. The maximum atomic E-state index is 10.9. The molecule has 0 bridgehead atoms. The van der Waals surface area contributed by atoms with E-state index < -0.39 is 0 Å². The molecule has 0 radical (unpaired) electrons. The lowest BCUT2D eigenvalue weighted by Gasteiger charge is -2.05. The maximum absolute atomic E-state index is 10.9. The van der Waals surface area contributed by atoms with Gasteiger partial charge < -0.3 is 4.74 Å². The number of hydrogen-bond acceptors (Lipinski definition) is 6. The smallest absolute Gasteiger partial charge is 0.305 e. The van der Waals surface area contributed by atoms with Crippen molar-refractivity contribution >= 4 is 5.97 Å². The molecule has 0 aromatic carbocycles. The summed E-state index contributed by atoms with van der Waals surface area (Å²) in [7, 11) is 1.41. The first-order valence-electron chi connectivity index (χ1n) is 8.85. The molecule has 0 spiro atoms. The summed E-state index contributed by atoms with van der Waals surface area (Å²) in [6.07, 6.45) is 17.0.